The first kappa shape index (κ1) is 16.5. The van der Waals surface area contributed by atoms with Gasteiger partial charge in [0.1, 0.15) is 10.7 Å². The van der Waals surface area contributed by atoms with Gasteiger partial charge < -0.3 is 11.1 Å². The number of nitrogen functional groups attached to an aromatic ring is 1. The number of aryl methyl sites for hydroxylation is 2. The van der Waals surface area contributed by atoms with Crippen molar-refractivity contribution >= 4 is 45.4 Å². The molecule has 0 amide bonds. The second-order valence-corrected chi connectivity index (χ2v) is 6.89. The van der Waals surface area contributed by atoms with Crippen LogP contribution in [0.25, 0.3) is 0 Å². The highest BCUT2D eigenvalue weighted by Crippen LogP contribution is 2.32. The maximum atomic E-state index is 12.6. The van der Waals surface area contributed by atoms with Gasteiger partial charge in [-0.25, -0.2) is 4.98 Å². The lowest BCUT2D eigenvalue weighted by molar-refractivity contribution is 0.104. The van der Waals surface area contributed by atoms with Gasteiger partial charge >= 0.3 is 0 Å². The smallest absolute Gasteiger partial charge is 0.208 e. The molecule has 0 aliphatic carbocycles. The van der Waals surface area contributed by atoms with Gasteiger partial charge in [-0.2, -0.15) is 0 Å². The first-order valence-corrected chi connectivity index (χ1v) is 8.55. The average molecular weight is 358 g/mol. The first-order chi connectivity index (χ1) is 11.5. The molecule has 0 unspecified atom stereocenters. The predicted molar refractivity (Wildman–Crippen MR) is 101 cm³/mol. The minimum absolute atomic E-state index is 0.206. The lowest BCUT2D eigenvalue weighted by atomic mass is 10.1. The fraction of sp³-hybridized carbons (Fsp3) is 0.111. The number of thiazole rings is 1. The number of benzene rings is 2. The summed E-state index contributed by atoms with van der Waals surface area (Å²) >= 11 is 7.32. The quantitative estimate of drug-likeness (QED) is 0.647. The van der Waals surface area contributed by atoms with Crippen LogP contribution in [0.4, 0.5) is 16.6 Å². The number of aromatic nitrogens is 1. The van der Waals surface area contributed by atoms with E-state index in [0.29, 0.717) is 20.6 Å². The molecule has 1 aromatic heterocycles. The van der Waals surface area contributed by atoms with Crippen molar-refractivity contribution in [3.8, 4) is 0 Å². The van der Waals surface area contributed by atoms with Crippen molar-refractivity contribution in [2.45, 2.75) is 13.8 Å². The van der Waals surface area contributed by atoms with Crippen LogP contribution in [-0.2, 0) is 0 Å². The lowest BCUT2D eigenvalue weighted by Crippen LogP contribution is -2.03. The molecule has 3 aromatic rings. The van der Waals surface area contributed by atoms with Crippen LogP contribution in [-0.4, -0.2) is 10.8 Å². The van der Waals surface area contributed by atoms with Gasteiger partial charge in [-0.3, -0.25) is 4.79 Å². The SMILES string of the molecule is Cc1ccc(Nc2nc(N)c(C(=O)c3ccccc3Cl)s2)c(C)c1. The van der Waals surface area contributed by atoms with E-state index in [4.69, 9.17) is 17.3 Å². The molecule has 0 aliphatic rings. The molecule has 0 spiro atoms. The van der Waals surface area contributed by atoms with Crippen LogP contribution in [0.2, 0.25) is 5.02 Å². The standard InChI is InChI=1S/C18H16ClN3OS/c1-10-7-8-14(11(2)9-10)21-18-22-17(20)16(24-18)15(23)12-5-3-4-6-13(12)19/h3-9H,20H2,1-2H3,(H,21,22). The summed E-state index contributed by atoms with van der Waals surface area (Å²) in [6.07, 6.45) is 0. The molecule has 3 rings (SSSR count). The molecule has 4 nitrogen and oxygen atoms in total. The van der Waals surface area contributed by atoms with E-state index in [-0.39, 0.29) is 11.6 Å². The molecule has 6 heteroatoms. The fourth-order valence-electron chi connectivity index (χ4n) is 2.38. The van der Waals surface area contributed by atoms with Crippen LogP contribution < -0.4 is 11.1 Å². The molecule has 3 N–H and O–H groups in total. The number of halogens is 1. The Bertz CT molecular complexity index is 920. The predicted octanol–water partition coefficient (Wildman–Crippen LogP) is 4.97. The second-order valence-electron chi connectivity index (χ2n) is 5.49. The summed E-state index contributed by atoms with van der Waals surface area (Å²) in [7, 11) is 0. The molecular formula is C18H16ClN3OS. The molecule has 0 aliphatic heterocycles. The van der Waals surface area contributed by atoms with E-state index in [1.807, 2.05) is 26.0 Å². The molecule has 0 fully saturated rings. The Labute approximate surface area is 149 Å². The third-order valence-electron chi connectivity index (χ3n) is 3.60. The van der Waals surface area contributed by atoms with Crippen molar-refractivity contribution in [3.63, 3.8) is 0 Å². The summed E-state index contributed by atoms with van der Waals surface area (Å²) in [5.74, 6) is -0.0125. The monoisotopic (exact) mass is 357 g/mol. The normalized spacial score (nSPS) is 10.6. The molecule has 0 saturated heterocycles. The highest BCUT2D eigenvalue weighted by atomic mass is 35.5. The van der Waals surface area contributed by atoms with E-state index in [9.17, 15) is 4.79 Å². The number of rotatable bonds is 4. The van der Waals surface area contributed by atoms with E-state index in [1.165, 1.54) is 16.9 Å². The van der Waals surface area contributed by atoms with Gasteiger partial charge in [0.2, 0.25) is 5.78 Å². The van der Waals surface area contributed by atoms with Crippen molar-refractivity contribution in [1.82, 2.24) is 4.98 Å². The van der Waals surface area contributed by atoms with Gasteiger partial charge in [-0.1, -0.05) is 52.8 Å². The summed E-state index contributed by atoms with van der Waals surface area (Å²) in [5.41, 5.74) is 9.59. The Hall–Kier alpha value is -2.37. The summed E-state index contributed by atoms with van der Waals surface area (Å²) in [6, 6.07) is 13.0. The Morgan fingerprint density at radius 3 is 2.67 bits per heavy atom. The summed E-state index contributed by atoms with van der Waals surface area (Å²) in [6.45, 7) is 4.06. The van der Waals surface area contributed by atoms with Crippen LogP contribution in [0.5, 0.6) is 0 Å². The number of ketones is 1. The molecule has 0 atom stereocenters. The van der Waals surface area contributed by atoms with Crippen molar-refractivity contribution in [2.75, 3.05) is 11.1 Å². The number of carbonyl (C=O) groups excluding carboxylic acids is 1. The Balaban J connectivity index is 1.90. The third kappa shape index (κ3) is 3.27. The van der Waals surface area contributed by atoms with Crippen molar-refractivity contribution < 1.29 is 4.79 Å². The Kier molecular flexibility index (Phi) is 4.55. The lowest BCUT2D eigenvalue weighted by Gasteiger charge is -2.07. The number of nitrogens with two attached hydrogens (primary N) is 1. The molecule has 24 heavy (non-hydrogen) atoms. The van der Waals surface area contributed by atoms with Gasteiger partial charge in [0.15, 0.2) is 5.13 Å². The van der Waals surface area contributed by atoms with Gasteiger partial charge in [0.25, 0.3) is 0 Å². The number of hydrogen-bond acceptors (Lipinski definition) is 5. The van der Waals surface area contributed by atoms with Crippen molar-refractivity contribution in [3.05, 3.63) is 69.1 Å². The number of nitrogens with one attached hydrogen (secondary N) is 1. The minimum atomic E-state index is -0.218. The maximum absolute atomic E-state index is 12.6. The zero-order valence-corrected chi connectivity index (χ0v) is 14.8. The molecule has 2 aromatic carbocycles. The largest absolute Gasteiger partial charge is 0.382 e. The maximum Gasteiger partial charge on any atom is 0.208 e. The van der Waals surface area contributed by atoms with E-state index in [1.54, 1.807) is 24.3 Å². The van der Waals surface area contributed by atoms with E-state index < -0.39 is 0 Å². The highest BCUT2D eigenvalue weighted by Gasteiger charge is 2.20. The second kappa shape index (κ2) is 6.63. The van der Waals surface area contributed by atoms with Gasteiger partial charge in [-0.15, -0.1) is 0 Å². The summed E-state index contributed by atoms with van der Waals surface area (Å²) < 4.78 is 0. The van der Waals surface area contributed by atoms with E-state index in [0.717, 1.165) is 11.3 Å². The number of nitrogens with zero attached hydrogens (tertiary/aromatic N) is 1. The zero-order chi connectivity index (χ0) is 17.3. The molecule has 122 valence electrons. The topological polar surface area (TPSA) is 68.0 Å². The van der Waals surface area contributed by atoms with Gasteiger partial charge in [0.05, 0.1) is 5.02 Å². The number of anilines is 3. The van der Waals surface area contributed by atoms with E-state index in [2.05, 4.69) is 16.4 Å². The molecule has 1 heterocycles. The van der Waals surface area contributed by atoms with Crippen molar-refractivity contribution in [1.29, 1.82) is 0 Å². The van der Waals surface area contributed by atoms with Crippen LogP contribution in [0.15, 0.2) is 42.5 Å². The highest BCUT2D eigenvalue weighted by molar-refractivity contribution is 7.18. The summed E-state index contributed by atoms with van der Waals surface area (Å²) in [4.78, 5) is 17.3. The molecule has 0 radical (unpaired) electrons. The minimum Gasteiger partial charge on any atom is -0.382 e. The number of hydrogen-bond donors (Lipinski definition) is 2. The van der Waals surface area contributed by atoms with Crippen LogP contribution >= 0.6 is 22.9 Å². The van der Waals surface area contributed by atoms with Crippen LogP contribution in [0.3, 0.4) is 0 Å². The molecule has 0 saturated carbocycles. The Morgan fingerprint density at radius 1 is 1.21 bits per heavy atom. The van der Waals surface area contributed by atoms with Crippen molar-refractivity contribution in [2.24, 2.45) is 0 Å². The van der Waals surface area contributed by atoms with Gasteiger partial charge in [-0.05, 0) is 37.6 Å². The van der Waals surface area contributed by atoms with Crippen LogP contribution in [0, 0.1) is 13.8 Å². The third-order valence-corrected chi connectivity index (χ3v) is 4.92. The summed E-state index contributed by atoms with van der Waals surface area (Å²) in [5, 5.41) is 4.20. The first-order valence-electron chi connectivity index (χ1n) is 7.35. The molecule has 0 bridgehead atoms. The Morgan fingerprint density at radius 2 is 1.96 bits per heavy atom. The van der Waals surface area contributed by atoms with Crippen LogP contribution in [0.1, 0.15) is 26.4 Å². The fourth-order valence-corrected chi connectivity index (χ4v) is 3.46. The van der Waals surface area contributed by atoms with E-state index >= 15 is 0 Å². The molecular weight excluding hydrogens is 342 g/mol. The zero-order valence-electron chi connectivity index (χ0n) is 13.3. The van der Waals surface area contributed by atoms with Gasteiger partial charge in [0, 0.05) is 11.3 Å². The number of carbonyl (C=O) groups is 1. The average Bonchev–Trinajstić information content (AvgIpc) is 2.90.